The fourth-order valence-electron chi connectivity index (χ4n) is 4.97. The Kier molecular flexibility index (Phi) is 6.44. The number of hydrogen-bond acceptors (Lipinski definition) is 4. The molecule has 1 amide bonds. The van der Waals surface area contributed by atoms with Crippen molar-refractivity contribution in [1.29, 1.82) is 0 Å². The lowest BCUT2D eigenvalue weighted by molar-refractivity contribution is -0.274. The van der Waals surface area contributed by atoms with E-state index < -0.39 is 6.36 Å². The average Bonchev–Trinajstić information content (AvgIpc) is 3.30. The number of fused-ring (bicyclic) bond motifs is 2. The minimum absolute atomic E-state index is 0.0756. The highest BCUT2D eigenvalue weighted by Gasteiger charge is 2.31. The van der Waals surface area contributed by atoms with Crippen molar-refractivity contribution in [3.63, 3.8) is 0 Å². The molecule has 39 heavy (non-hydrogen) atoms. The summed E-state index contributed by atoms with van der Waals surface area (Å²) in [4.78, 5) is 20.0. The van der Waals surface area contributed by atoms with Gasteiger partial charge in [-0.25, -0.2) is 4.98 Å². The quantitative estimate of drug-likeness (QED) is 0.268. The molecule has 198 valence electrons. The second-order valence-corrected chi connectivity index (χ2v) is 9.35. The number of halogens is 3. The van der Waals surface area contributed by atoms with Crippen molar-refractivity contribution in [2.24, 2.45) is 0 Å². The van der Waals surface area contributed by atoms with Gasteiger partial charge in [0.25, 0.3) is 5.91 Å². The highest BCUT2D eigenvalue weighted by molar-refractivity contribution is 6.00. The molecule has 0 N–H and O–H groups in total. The maximum absolute atomic E-state index is 13.3. The lowest BCUT2D eigenvalue weighted by atomic mass is 10.0. The van der Waals surface area contributed by atoms with Gasteiger partial charge in [0.05, 0.1) is 24.2 Å². The number of ether oxygens (including phenoxy) is 2. The van der Waals surface area contributed by atoms with Gasteiger partial charge in [-0.2, -0.15) is 0 Å². The molecule has 0 aliphatic carbocycles. The van der Waals surface area contributed by atoms with E-state index in [1.54, 1.807) is 23.1 Å². The molecule has 0 atom stereocenters. The number of imidazole rings is 1. The minimum Gasteiger partial charge on any atom is -0.406 e. The zero-order chi connectivity index (χ0) is 27.0. The summed E-state index contributed by atoms with van der Waals surface area (Å²) < 4.78 is 49.4. The number of rotatable bonds is 5. The topological polar surface area (TPSA) is 56.6 Å². The molecule has 0 spiro atoms. The van der Waals surface area contributed by atoms with Crippen molar-refractivity contribution in [3.8, 4) is 17.1 Å². The molecule has 0 radical (unpaired) electrons. The first-order valence-electron chi connectivity index (χ1n) is 12.6. The standard InChI is InChI=1S/C30H24F3N3O3/c31-30(32,33)39-23-11-8-20(9-12-23)19-36-27-18-22(29(37)35-14-16-38-17-15-35)10-13-26(27)34-28(36)25-7-3-5-21-4-1-2-6-24(21)25/h1-13,18H,14-17,19H2. The molecule has 6 rings (SSSR count). The van der Waals surface area contributed by atoms with Crippen LogP contribution in [0.3, 0.4) is 0 Å². The summed E-state index contributed by atoms with van der Waals surface area (Å²) in [6, 6.07) is 25.3. The van der Waals surface area contributed by atoms with Crippen molar-refractivity contribution in [2.45, 2.75) is 12.9 Å². The van der Waals surface area contributed by atoms with Gasteiger partial charge >= 0.3 is 6.36 Å². The third-order valence-corrected chi connectivity index (χ3v) is 6.82. The van der Waals surface area contributed by atoms with Gasteiger partial charge in [0.2, 0.25) is 0 Å². The van der Waals surface area contributed by atoms with Crippen molar-refractivity contribution in [2.75, 3.05) is 26.3 Å². The fraction of sp³-hybridized carbons (Fsp3) is 0.200. The zero-order valence-electron chi connectivity index (χ0n) is 20.8. The van der Waals surface area contributed by atoms with Crippen LogP contribution in [0.1, 0.15) is 15.9 Å². The van der Waals surface area contributed by atoms with E-state index in [2.05, 4.69) is 4.74 Å². The molecule has 4 aromatic carbocycles. The lowest BCUT2D eigenvalue weighted by Gasteiger charge is -2.26. The second kappa shape index (κ2) is 10.1. The lowest BCUT2D eigenvalue weighted by Crippen LogP contribution is -2.40. The number of carbonyl (C=O) groups excluding carboxylic acids is 1. The summed E-state index contributed by atoms with van der Waals surface area (Å²) in [5.41, 5.74) is 3.70. The predicted molar refractivity (Wildman–Crippen MR) is 142 cm³/mol. The van der Waals surface area contributed by atoms with E-state index in [0.29, 0.717) is 49.8 Å². The first-order valence-corrected chi connectivity index (χ1v) is 12.6. The molecule has 6 nitrogen and oxygen atoms in total. The summed E-state index contributed by atoms with van der Waals surface area (Å²) in [6.07, 6.45) is -4.76. The van der Waals surface area contributed by atoms with Gasteiger partial charge in [-0.05, 0) is 46.7 Å². The largest absolute Gasteiger partial charge is 0.573 e. The Hall–Kier alpha value is -4.37. The molecule has 2 heterocycles. The van der Waals surface area contributed by atoms with Gasteiger partial charge in [-0.3, -0.25) is 4.79 Å². The van der Waals surface area contributed by atoms with E-state index >= 15 is 0 Å². The SMILES string of the molecule is O=C(c1ccc2nc(-c3cccc4ccccc34)n(Cc3ccc(OC(F)(F)F)cc3)c2c1)N1CCOCC1. The molecule has 1 saturated heterocycles. The number of nitrogens with zero attached hydrogens (tertiary/aromatic N) is 3. The molecular formula is C30H24F3N3O3. The van der Waals surface area contributed by atoms with Crippen LogP contribution in [0.2, 0.25) is 0 Å². The highest BCUT2D eigenvalue weighted by Crippen LogP contribution is 2.32. The van der Waals surface area contributed by atoms with E-state index in [9.17, 15) is 18.0 Å². The molecule has 9 heteroatoms. The molecule has 1 aliphatic heterocycles. The van der Waals surface area contributed by atoms with E-state index in [0.717, 1.165) is 27.4 Å². The Morgan fingerprint density at radius 1 is 0.923 bits per heavy atom. The minimum atomic E-state index is -4.76. The van der Waals surface area contributed by atoms with Gasteiger partial charge in [0.15, 0.2) is 0 Å². The Labute approximate surface area is 222 Å². The summed E-state index contributed by atoms with van der Waals surface area (Å²) in [6.45, 7) is 2.40. The Morgan fingerprint density at radius 3 is 2.44 bits per heavy atom. The normalized spacial score (nSPS) is 14.2. The Balaban J connectivity index is 1.46. The number of aromatic nitrogens is 2. The van der Waals surface area contributed by atoms with Crippen LogP contribution in [0.25, 0.3) is 33.2 Å². The van der Waals surface area contributed by atoms with Gasteiger partial charge in [0.1, 0.15) is 11.6 Å². The van der Waals surface area contributed by atoms with Gasteiger partial charge in [-0.15, -0.1) is 13.2 Å². The number of carbonyl (C=O) groups is 1. The van der Waals surface area contributed by atoms with Crippen molar-refractivity contribution < 1.29 is 27.4 Å². The van der Waals surface area contributed by atoms with Gasteiger partial charge < -0.3 is 18.9 Å². The smallest absolute Gasteiger partial charge is 0.406 e. The Bertz CT molecular complexity index is 1650. The van der Waals surface area contributed by atoms with E-state index in [1.165, 1.54) is 12.1 Å². The summed E-state index contributed by atoms with van der Waals surface area (Å²) in [7, 11) is 0. The second-order valence-electron chi connectivity index (χ2n) is 9.35. The number of morpholine rings is 1. The van der Waals surface area contributed by atoms with Crippen LogP contribution in [0.15, 0.2) is 84.9 Å². The van der Waals surface area contributed by atoms with Crippen LogP contribution >= 0.6 is 0 Å². The number of alkyl halides is 3. The summed E-state index contributed by atoms with van der Waals surface area (Å²) in [5, 5.41) is 2.08. The number of amides is 1. The van der Waals surface area contributed by atoms with E-state index in [1.807, 2.05) is 59.2 Å². The fourth-order valence-corrected chi connectivity index (χ4v) is 4.97. The van der Waals surface area contributed by atoms with Crippen LogP contribution in [0, 0.1) is 0 Å². The molecule has 1 aromatic heterocycles. The summed E-state index contributed by atoms with van der Waals surface area (Å²) in [5.74, 6) is 0.344. The van der Waals surface area contributed by atoms with Crippen molar-refractivity contribution >= 4 is 27.7 Å². The third-order valence-electron chi connectivity index (χ3n) is 6.82. The molecular weight excluding hydrogens is 507 g/mol. The molecule has 5 aromatic rings. The zero-order valence-corrected chi connectivity index (χ0v) is 20.8. The number of benzene rings is 4. The van der Waals surface area contributed by atoms with Crippen LogP contribution in [0.5, 0.6) is 5.75 Å². The molecule has 0 bridgehead atoms. The van der Waals surface area contributed by atoms with E-state index in [4.69, 9.17) is 9.72 Å². The van der Waals surface area contributed by atoms with E-state index in [-0.39, 0.29) is 11.7 Å². The first kappa shape index (κ1) is 24.9. The van der Waals surface area contributed by atoms with Crippen molar-refractivity contribution in [3.05, 3.63) is 96.1 Å². The first-order chi connectivity index (χ1) is 18.9. The van der Waals surface area contributed by atoms with Crippen molar-refractivity contribution in [1.82, 2.24) is 14.5 Å². The average molecular weight is 532 g/mol. The summed E-state index contributed by atoms with van der Waals surface area (Å²) >= 11 is 0. The maximum atomic E-state index is 13.3. The van der Waals surface area contributed by atoms with Crippen LogP contribution in [-0.2, 0) is 11.3 Å². The Morgan fingerprint density at radius 2 is 1.67 bits per heavy atom. The number of hydrogen-bond donors (Lipinski definition) is 0. The monoisotopic (exact) mass is 531 g/mol. The highest BCUT2D eigenvalue weighted by atomic mass is 19.4. The van der Waals surface area contributed by atoms with Gasteiger partial charge in [-0.1, -0.05) is 54.6 Å². The van der Waals surface area contributed by atoms with Crippen LogP contribution in [-0.4, -0.2) is 53.0 Å². The molecule has 1 fully saturated rings. The third kappa shape index (κ3) is 5.18. The maximum Gasteiger partial charge on any atom is 0.573 e. The van der Waals surface area contributed by atoms with Crippen LogP contribution < -0.4 is 4.74 Å². The molecule has 1 aliphatic rings. The van der Waals surface area contributed by atoms with Gasteiger partial charge in [0, 0.05) is 30.8 Å². The molecule has 0 unspecified atom stereocenters. The predicted octanol–water partition coefficient (Wildman–Crippen LogP) is 6.28. The molecule has 0 saturated carbocycles. The van der Waals surface area contributed by atoms with Crippen LogP contribution in [0.4, 0.5) is 13.2 Å².